The Morgan fingerprint density at radius 3 is 0.948 bits per heavy atom. The molecular weight excluding hydrogens is 1250 g/mol. The van der Waals surface area contributed by atoms with E-state index < -0.39 is 22.1 Å². The Labute approximate surface area is 559 Å². The number of rotatable bonds is 20. The second-order valence-corrected chi connectivity index (χ2v) is 30.8. The van der Waals surface area contributed by atoms with Crippen LogP contribution in [0.15, 0.2) is 305 Å². The van der Waals surface area contributed by atoms with E-state index in [2.05, 4.69) is 44.0 Å². The number of benzene rings is 12. The number of ether oxygens (including phenoxy) is 3. The third-order valence-electron chi connectivity index (χ3n) is 17.9. The molecule has 0 N–H and O–H groups in total. The van der Waals surface area contributed by atoms with Crippen molar-refractivity contribution < 1.29 is 41.5 Å². The number of fused-ring (bicyclic) bond motifs is 9. The van der Waals surface area contributed by atoms with E-state index in [9.17, 15) is 0 Å². The molecule has 0 amide bonds. The van der Waals surface area contributed by atoms with Crippen molar-refractivity contribution in [1.82, 2.24) is 0 Å². The molecule has 0 bridgehead atoms. The average molecular weight is 1310 g/mol. The van der Waals surface area contributed by atoms with Gasteiger partial charge >= 0.3 is 22.1 Å². The van der Waals surface area contributed by atoms with Gasteiger partial charge in [-0.15, -0.1) is 19.7 Å². The number of allylic oxidation sites excluding steroid dienone is 3. The van der Waals surface area contributed by atoms with Crippen LogP contribution in [0.2, 0.25) is 0 Å². The summed E-state index contributed by atoms with van der Waals surface area (Å²) in [5.41, 5.74) is 11.8. The molecule has 3 aliphatic rings. The molecule has 0 saturated heterocycles. The summed E-state index contributed by atoms with van der Waals surface area (Å²) in [5.74, 6) is 5.27. The van der Waals surface area contributed by atoms with Crippen LogP contribution in [0.25, 0.3) is 33.4 Å². The fourth-order valence-electron chi connectivity index (χ4n) is 13.3. The zero-order valence-electron chi connectivity index (χ0n) is 52.5. The molecule has 3 unspecified atom stereocenters. The van der Waals surface area contributed by atoms with E-state index in [4.69, 9.17) is 27.8 Å². The first-order valence-electron chi connectivity index (χ1n) is 32.0. The first-order valence-corrected chi connectivity index (χ1v) is 36.9. The van der Waals surface area contributed by atoms with Crippen molar-refractivity contribution >= 4 is 53.9 Å². The third kappa shape index (κ3) is 11.4. The maximum atomic E-state index is 15.4. The molecule has 12 heteroatoms. The van der Waals surface area contributed by atoms with Crippen molar-refractivity contribution in [3.63, 3.8) is 0 Å². The largest absolute Gasteiger partial charge is 0.457 e. The molecule has 0 aliphatic carbocycles. The van der Waals surface area contributed by atoms with Crippen molar-refractivity contribution in [1.29, 1.82) is 0 Å². The summed E-state index contributed by atoms with van der Waals surface area (Å²) in [5, 5.41) is 3.55. The fraction of sp³-hybridized carbons (Fsp3) is 0.0714. The topological polar surface area (TPSA) is 107 Å². The van der Waals surface area contributed by atoms with Gasteiger partial charge in [0.05, 0.1) is 31.8 Å². The zero-order valence-corrected chi connectivity index (χ0v) is 55.2. The Hall–Kier alpha value is -10.7. The summed E-state index contributed by atoms with van der Waals surface area (Å²) in [6.45, 7) is 12.4. The highest BCUT2D eigenvalue weighted by Crippen LogP contribution is 2.57. The first kappa shape index (κ1) is 61.5. The predicted octanol–water partition coefficient (Wildman–Crippen LogP) is 19.7. The van der Waals surface area contributed by atoms with Gasteiger partial charge in [-0.1, -0.05) is 176 Å². The number of para-hydroxylation sites is 5. The summed E-state index contributed by atoms with van der Waals surface area (Å²) < 4.78 is 86.7. The van der Waals surface area contributed by atoms with E-state index in [1.807, 2.05) is 261 Å². The molecule has 12 aromatic rings. The van der Waals surface area contributed by atoms with E-state index >= 15 is 13.7 Å². The van der Waals surface area contributed by atoms with E-state index in [1.165, 1.54) is 0 Å². The molecule has 15 rings (SSSR count). The lowest BCUT2D eigenvalue weighted by molar-refractivity contribution is 0.463. The number of aryl methyl sites for hydroxylation is 1. The van der Waals surface area contributed by atoms with Gasteiger partial charge in [0.15, 0.2) is 0 Å². The van der Waals surface area contributed by atoms with Crippen LogP contribution in [0.4, 0.5) is 0 Å². The number of hydrogen-bond acceptors (Lipinski definition) is 9. The minimum absolute atomic E-state index is 0.370. The standard InChI is InChI=1S/C84H65O9P3/c1-4-7-24-57-53-62(55-60-27-20-25-58(22-5-2)82(60)88-64-41-47-67(48-42-64)94(85)79-38-17-11-32-73(79)70-29-8-14-35-76(70)91-94)84(90-66-45-51-69(52-46-66)96(87)81-40-19-13-34-75(81)72-31-10-16-37-78(72)93-96)63(54-57)56-61-28-21-26-59(23-6-3)83(61)89-65-43-49-68(50-44-65)95(86)80-39-18-12-33-74(80)71-30-9-15-36-77(71)92-95/h4-6,8-21,25-54H,1-3,7,22-24,55-56H2. The summed E-state index contributed by atoms with van der Waals surface area (Å²) in [7, 11) is -10.8. The lowest BCUT2D eigenvalue weighted by atomic mass is 9.91. The van der Waals surface area contributed by atoms with Crippen LogP contribution in [0.5, 0.6) is 51.7 Å². The fourth-order valence-corrected chi connectivity index (χ4v) is 20.1. The van der Waals surface area contributed by atoms with Gasteiger partial charge in [-0.25, -0.2) is 0 Å². The molecule has 3 aliphatic heterocycles. The monoisotopic (exact) mass is 1310 g/mol. The Morgan fingerprint density at radius 2 is 0.615 bits per heavy atom. The maximum absolute atomic E-state index is 15.4. The van der Waals surface area contributed by atoms with Crippen LogP contribution in [-0.4, -0.2) is 0 Å². The van der Waals surface area contributed by atoms with Crippen LogP contribution < -0.4 is 59.6 Å². The van der Waals surface area contributed by atoms with Gasteiger partial charge in [-0.2, -0.15) is 0 Å². The number of hydrogen-bond donors (Lipinski definition) is 0. The first-order chi connectivity index (χ1) is 47.0. The summed E-state index contributed by atoms with van der Waals surface area (Å²) >= 11 is 0. The minimum atomic E-state index is -3.63. The Bertz CT molecular complexity index is 4950. The van der Waals surface area contributed by atoms with E-state index in [0.717, 1.165) is 78.7 Å². The molecule has 0 aromatic heterocycles. The normalized spacial score (nSPS) is 16.8. The van der Waals surface area contributed by atoms with Crippen LogP contribution in [0.1, 0.15) is 45.4 Å². The summed E-state index contributed by atoms with van der Waals surface area (Å²) in [6, 6.07) is 85.2. The Kier molecular flexibility index (Phi) is 16.6. The Balaban J connectivity index is 0.812. The van der Waals surface area contributed by atoms with Crippen LogP contribution in [0.3, 0.4) is 0 Å². The van der Waals surface area contributed by atoms with Gasteiger partial charge in [0.1, 0.15) is 51.7 Å². The minimum Gasteiger partial charge on any atom is -0.457 e. The quantitative estimate of drug-likeness (QED) is 0.0545. The van der Waals surface area contributed by atoms with Crippen LogP contribution >= 0.6 is 22.1 Å². The molecule has 0 fully saturated rings. The highest BCUT2D eigenvalue weighted by atomic mass is 31.2. The molecule has 3 atom stereocenters. The molecule has 0 spiro atoms. The Morgan fingerprint density at radius 1 is 0.312 bits per heavy atom. The van der Waals surface area contributed by atoms with Crippen molar-refractivity contribution in [2.75, 3.05) is 0 Å². The molecule has 0 radical (unpaired) electrons. The van der Waals surface area contributed by atoms with E-state index in [1.54, 1.807) is 0 Å². The molecular formula is C84H65O9P3. The second-order valence-electron chi connectivity index (χ2n) is 24.0. The highest BCUT2D eigenvalue weighted by molar-refractivity contribution is 7.76. The summed E-state index contributed by atoms with van der Waals surface area (Å²) in [6.07, 6.45) is 8.87. The molecule has 470 valence electrons. The summed E-state index contributed by atoms with van der Waals surface area (Å²) in [4.78, 5) is 0. The van der Waals surface area contributed by atoms with Gasteiger partial charge in [0.2, 0.25) is 0 Å². The molecule has 3 heterocycles. The van der Waals surface area contributed by atoms with Gasteiger partial charge in [-0.05, 0) is 191 Å². The lowest BCUT2D eigenvalue weighted by Gasteiger charge is -2.29. The average Bonchev–Trinajstić information content (AvgIpc) is 0.753. The second kappa shape index (κ2) is 25.9. The van der Waals surface area contributed by atoms with Gasteiger partial charge < -0.3 is 27.8 Å². The van der Waals surface area contributed by atoms with E-state index in [-0.39, 0.29) is 0 Å². The maximum Gasteiger partial charge on any atom is 0.307 e. The highest BCUT2D eigenvalue weighted by Gasteiger charge is 2.41. The van der Waals surface area contributed by atoms with Crippen molar-refractivity contribution in [2.24, 2.45) is 0 Å². The SMILES string of the molecule is C=CCCc1cc(Cc2cccc(CC=C)c2Oc2ccc(P3(=O)Oc4ccccc4-c4ccccc43)cc2)c(Oc2ccc(P3(=O)Oc4ccccc4-c4ccccc43)cc2)c(Cc2cccc(CC=C)c2Oc2ccc(P3(=O)Oc4ccccc4-c4ccccc43)cc2)c1. The lowest BCUT2D eigenvalue weighted by Crippen LogP contribution is -2.25. The van der Waals surface area contributed by atoms with Crippen molar-refractivity contribution in [3.8, 4) is 85.1 Å². The van der Waals surface area contributed by atoms with Gasteiger partial charge in [0, 0.05) is 29.5 Å². The van der Waals surface area contributed by atoms with Crippen LogP contribution in [-0.2, 0) is 45.8 Å². The van der Waals surface area contributed by atoms with E-state index in [0.29, 0.717) is 116 Å². The van der Waals surface area contributed by atoms with Gasteiger partial charge in [0.25, 0.3) is 0 Å². The molecule has 9 nitrogen and oxygen atoms in total. The van der Waals surface area contributed by atoms with Gasteiger partial charge in [-0.3, -0.25) is 13.7 Å². The third-order valence-corrected chi connectivity index (χ3v) is 25.2. The molecule has 96 heavy (non-hydrogen) atoms. The van der Waals surface area contributed by atoms with Crippen molar-refractivity contribution in [2.45, 2.75) is 38.5 Å². The van der Waals surface area contributed by atoms with Crippen molar-refractivity contribution in [3.05, 3.63) is 344 Å². The molecule has 12 aromatic carbocycles. The molecule has 0 saturated carbocycles. The smallest absolute Gasteiger partial charge is 0.307 e. The predicted molar refractivity (Wildman–Crippen MR) is 389 cm³/mol. The van der Waals surface area contributed by atoms with Crippen LogP contribution in [0, 0.1) is 0 Å². The zero-order chi connectivity index (χ0) is 65.4.